The Bertz CT molecular complexity index is 820. The van der Waals surface area contributed by atoms with Gasteiger partial charge in [0.15, 0.2) is 0 Å². The highest BCUT2D eigenvalue weighted by atomic mass is 35.5. The molecule has 2 aromatic rings. The fourth-order valence-electron chi connectivity index (χ4n) is 2.39. The summed E-state index contributed by atoms with van der Waals surface area (Å²) in [6, 6.07) is 9.92. The molecule has 2 aromatic carbocycles. The van der Waals surface area contributed by atoms with Crippen LogP contribution in [0.1, 0.15) is 24.0 Å². The number of hydrogen-bond acceptors (Lipinski definition) is 3. The zero-order valence-electron chi connectivity index (χ0n) is 14.4. The minimum Gasteiger partial charge on any atom is -0.497 e. The quantitative estimate of drug-likeness (QED) is 0.674. The molecule has 0 spiro atoms. The summed E-state index contributed by atoms with van der Waals surface area (Å²) in [4.78, 5) is 23.8. The van der Waals surface area contributed by atoms with Crippen LogP contribution >= 0.6 is 11.6 Å². The Balaban J connectivity index is 1.90. The van der Waals surface area contributed by atoms with Crippen LogP contribution in [0.15, 0.2) is 42.5 Å². The second-order valence-electron chi connectivity index (χ2n) is 5.81. The Morgan fingerprint density at radius 3 is 2.37 bits per heavy atom. The summed E-state index contributed by atoms with van der Waals surface area (Å²) in [5.41, 5.74) is -0.200. The molecule has 4 nitrogen and oxygen atoms in total. The number of hydrogen-bond donors (Lipinski definition) is 1. The molecule has 0 heterocycles. The maximum absolute atomic E-state index is 12.8. The third-order valence-corrected chi connectivity index (χ3v) is 3.98. The van der Waals surface area contributed by atoms with Crippen molar-refractivity contribution < 1.29 is 27.5 Å². The van der Waals surface area contributed by atoms with Crippen molar-refractivity contribution in [2.75, 3.05) is 12.4 Å². The van der Waals surface area contributed by atoms with Gasteiger partial charge < -0.3 is 10.1 Å². The number of amides is 1. The van der Waals surface area contributed by atoms with Crippen molar-refractivity contribution in [3.8, 4) is 5.75 Å². The van der Waals surface area contributed by atoms with Crippen molar-refractivity contribution in [3.63, 3.8) is 0 Å². The predicted octanol–water partition coefficient (Wildman–Crippen LogP) is 4.90. The Morgan fingerprint density at radius 2 is 1.78 bits per heavy atom. The number of halogens is 4. The van der Waals surface area contributed by atoms with Crippen LogP contribution in [0.4, 0.5) is 18.9 Å². The maximum atomic E-state index is 12.8. The van der Waals surface area contributed by atoms with Crippen molar-refractivity contribution in [2.45, 2.75) is 25.4 Å². The van der Waals surface area contributed by atoms with E-state index in [-0.39, 0.29) is 17.1 Å². The van der Waals surface area contributed by atoms with Crippen LogP contribution in [0.25, 0.3) is 0 Å². The number of carbonyl (C=O) groups is 2. The third kappa shape index (κ3) is 6.29. The summed E-state index contributed by atoms with van der Waals surface area (Å²) < 4.78 is 43.4. The van der Waals surface area contributed by atoms with E-state index in [1.807, 2.05) is 12.1 Å². The van der Waals surface area contributed by atoms with Crippen molar-refractivity contribution in [1.82, 2.24) is 0 Å². The van der Waals surface area contributed by atoms with Gasteiger partial charge in [0.1, 0.15) is 5.75 Å². The van der Waals surface area contributed by atoms with Crippen LogP contribution in [-0.2, 0) is 22.2 Å². The lowest BCUT2D eigenvalue weighted by Gasteiger charge is -2.10. The topological polar surface area (TPSA) is 55.4 Å². The normalized spacial score (nSPS) is 11.1. The average Bonchev–Trinajstić information content (AvgIpc) is 2.61. The number of Topliss-reactive ketones (excluding diaryl/α,β-unsaturated/α-hetero) is 1. The molecule has 0 aliphatic heterocycles. The van der Waals surface area contributed by atoms with E-state index in [2.05, 4.69) is 5.32 Å². The third-order valence-electron chi connectivity index (χ3n) is 3.76. The summed E-state index contributed by atoms with van der Waals surface area (Å²) >= 11 is 5.65. The van der Waals surface area contributed by atoms with Gasteiger partial charge in [0.05, 0.1) is 12.7 Å². The van der Waals surface area contributed by atoms with Gasteiger partial charge >= 0.3 is 6.18 Å². The van der Waals surface area contributed by atoms with Crippen LogP contribution in [0, 0.1) is 0 Å². The number of aryl methyl sites for hydroxylation is 1. The monoisotopic (exact) mass is 399 g/mol. The first kappa shape index (κ1) is 20.8. The number of ketones is 1. The largest absolute Gasteiger partial charge is 0.497 e. The lowest BCUT2D eigenvalue weighted by atomic mass is 10.1. The predicted molar refractivity (Wildman–Crippen MR) is 96.0 cm³/mol. The van der Waals surface area contributed by atoms with Gasteiger partial charge in [-0.3, -0.25) is 9.59 Å². The lowest BCUT2D eigenvalue weighted by Crippen LogP contribution is -2.23. The molecule has 0 bridgehead atoms. The number of rotatable bonds is 7. The Morgan fingerprint density at radius 1 is 1.11 bits per heavy atom. The average molecular weight is 400 g/mol. The number of benzene rings is 2. The molecule has 0 atom stereocenters. The zero-order valence-corrected chi connectivity index (χ0v) is 15.2. The first-order valence-corrected chi connectivity index (χ1v) is 8.42. The smallest absolute Gasteiger partial charge is 0.416 e. The van der Waals surface area contributed by atoms with Crippen LogP contribution in [0.5, 0.6) is 5.75 Å². The summed E-state index contributed by atoms with van der Waals surface area (Å²) in [7, 11) is 1.56. The van der Waals surface area contributed by atoms with Gasteiger partial charge in [-0.05, 0) is 48.7 Å². The standard InChI is InChI=1S/C19H17ClF3NO3/c1-27-16-7-5-12(6-8-16)3-2-4-17(25)18(26)24-15-10-13(19(21,22)23)9-14(20)11-15/h5-11H,2-4H2,1H3,(H,24,26). The Labute approximate surface area is 159 Å². The highest BCUT2D eigenvalue weighted by Gasteiger charge is 2.31. The Kier molecular flexibility index (Phi) is 6.85. The van der Waals surface area contributed by atoms with E-state index >= 15 is 0 Å². The van der Waals surface area contributed by atoms with E-state index < -0.39 is 23.4 Å². The zero-order chi connectivity index (χ0) is 20.0. The lowest BCUT2D eigenvalue weighted by molar-refractivity contribution is -0.137. The highest BCUT2D eigenvalue weighted by Crippen LogP contribution is 2.33. The molecule has 0 aliphatic carbocycles. The van der Waals surface area contributed by atoms with Gasteiger partial charge in [0, 0.05) is 17.1 Å². The number of nitrogens with one attached hydrogen (secondary N) is 1. The van der Waals surface area contributed by atoms with Crippen molar-refractivity contribution in [2.24, 2.45) is 0 Å². The number of anilines is 1. The van der Waals surface area contributed by atoms with Crippen molar-refractivity contribution in [1.29, 1.82) is 0 Å². The summed E-state index contributed by atoms with van der Waals surface area (Å²) in [6.45, 7) is 0. The first-order chi connectivity index (χ1) is 12.7. The maximum Gasteiger partial charge on any atom is 0.416 e. The minimum atomic E-state index is -4.60. The van der Waals surface area contributed by atoms with Gasteiger partial charge in [-0.25, -0.2) is 0 Å². The van der Waals surface area contributed by atoms with Crippen LogP contribution in [-0.4, -0.2) is 18.8 Å². The molecule has 0 saturated carbocycles. The number of methoxy groups -OCH3 is 1. The van der Waals surface area contributed by atoms with Gasteiger partial charge in [-0.15, -0.1) is 0 Å². The molecule has 27 heavy (non-hydrogen) atoms. The summed E-state index contributed by atoms with van der Waals surface area (Å²) in [5.74, 6) is -0.967. The van der Waals surface area contributed by atoms with Crippen LogP contribution in [0.2, 0.25) is 5.02 Å². The summed E-state index contributed by atoms with van der Waals surface area (Å²) in [5, 5.41) is 1.98. The van der Waals surface area contributed by atoms with E-state index in [0.29, 0.717) is 18.6 Å². The fourth-order valence-corrected chi connectivity index (χ4v) is 2.62. The van der Waals surface area contributed by atoms with Crippen LogP contribution < -0.4 is 10.1 Å². The van der Waals surface area contributed by atoms with E-state index in [9.17, 15) is 22.8 Å². The molecule has 0 aromatic heterocycles. The number of ether oxygens (including phenoxy) is 1. The van der Waals surface area contributed by atoms with E-state index in [0.717, 1.165) is 23.8 Å². The summed E-state index contributed by atoms with van der Waals surface area (Å²) in [6.07, 6.45) is -3.61. The molecular formula is C19H17ClF3NO3. The van der Waals surface area contributed by atoms with E-state index in [4.69, 9.17) is 16.3 Å². The molecule has 1 amide bonds. The molecule has 8 heteroatoms. The number of carbonyl (C=O) groups excluding carboxylic acids is 2. The molecule has 1 N–H and O–H groups in total. The van der Waals surface area contributed by atoms with Gasteiger partial charge in [-0.1, -0.05) is 23.7 Å². The minimum absolute atomic E-state index is 0.0233. The van der Waals surface area contributed by atoms with Gasteiger partial charge in [0.25, 0.3) is 5.91 Å². The fraction of sp³-hybridized carbons (Fsp3) is 0.263. The highest BCUT2D eigenvalue weighted by molar-refractivity contribution is 6.40. The van der Waals surface area contributed by atoms with Crippen molar-refractivity contribution >= 4 is 29.0 Å². The molecule has 144 valence electrons. The molecule has 0 saturated heterocycles. The molecule has 0 radical (unpaired) electrons. The molecule has 0 aliphatic rings. The van der Waals surface area contributed by atoms with Crippen LogP contribution in [0.3, 0.4) is 0 Å². The number of alkyl halides is 3. The second-order valence-corrected chi connectivity index (χ2v) is 6.24. The van der Waals surface area contributed by atoms with Crippen molar-refractivity contribution in [3.05, 3.63) is 58.6 Å². The molecule has 0 unspecified atom stereocenters. The second kappa shape index (κ2) is 8.90. The molecule has 0 fully saturated rings. The first-order valence-electron chi connectivity index (χ1n) is 8.04. The van der Waals surface area contributed by atoms with Gasteiger partial charge in [0.2, 0.25) is 5.78 Å². The van der Waals surface area contributed by atoms with Gasteiger partial charge in [-0.2, -0.15) is 13.2 Å². The van der Waals surface area contributed by atoms with E-state index in [1.165, 1.54) is 0 Å². The molecular weight excluding hydrogens is 383 g/mol. The molecule has 2 rings (SSSR count). The SMILES string of the molecule is COc1ccc(CCCC(=O)C(=O)Nc2cc(Cl)cc(C(F)(F)F)c2)cc1. The Hall–Kier alpha value is -2.54. The van der Waals surface area contributed by atoms with E-state index in [1.54, 1.807) is 19.2 Å².